The third-order valence-corrected chi connectivity index (χ3v) is 3.70. The maximum atomic E-state index is 12.1. The zero-order chi connectivity index (χ0) is 13.8. The summed E-state index contributed by atoms with van der Waals surface area (Å²) >= 11 is 0. The summed E-state index contributed by atoms with van der Waals surface area (Å²) in [4.78, 5) is 16.1. The molecule has 104 valence electrons. The van der Waals surface area contributed by atoms with Gasteiger partial charge in [-0.15, -0.1) is 0 Å². The highest BCUT2D eigenvalue weighted by molar-refractivity contribution is 5.81. The van der Waals surface area contributed by atoms with E-state index >= 15 is 0 Å². The highest BCUT2D eigenvalue weighted by Crippen LogP contribution is 2.31. The van der Waals surface area contributed by atoms with Crippen LogP contribution in [-0.2, 0) is 11.3 Å². The standard InChI is InChI=1S/C15H23N3O/c1-3-17(2)15(19)11-18(14-8-9-14)13-6-4-12(10-16)5-7-13/h4-7,14H,3,8-11,16H2,1-2H3. The average Bonchev–Trinajstić information content (AvgIpc) is 3.28. The maximum absolute atomic E-state index is 12.1. The van der Waals surface area contributed by atoms with Crippen molar-refractivity contribution in [2.75, 3.05) is 25.0 Å². The van der Waals surface area contributed by atoms with Gasteiger partial charge in [-0.25, -0.2) is 0 Å². The molecule has 1 amide bonds. The van der Waals surface area contributed by atoms with Gasteiger partial charge in [-0.2, -0.15) is 0 Å². The van der Waals surface area contributed by atoms with E-state index in [0.717, 1.165) is 17.8 Å². The zero-order valence-electron chi connectivity index (χ0n) is 11.8. The van der Waals surface area contributed by atoms with E-state index in [9.17, 15) is 4.79 Å². The Morgan fingerprint density at radius 1 is 1.32 bits per heavy atom. The lowest BCUT2D eigenvalue weighted by atomic mass is 10.2. The molecule has 1 aliphatic carbocycles. The molecule has 0 saturated heterocycles. The van der Waals surface area contributed by atoms with Gasteiger partial charge in [0.05, 0.1) is 6.54 Å². The molecular formula is C15H23N3O. The second-order valence-electron chi connectivity index (χ2n) is 5.14. The summed E-state index contributed by atoms with van der Waals surface area (Å²) in [6.45, 7) is 3.77. The molecule has 1 aliphatic rings. The summed E-state index contributed by atoms with van der Waals surface area (Å²) in [6.07, 6.45) is 2.36. The Hall–Kier alpha value is -1.55. The minimum atomic E-state index is 0.178. The molecular weight excluding hydrogens is 238 g/mol. The first-order chi connectivity index (χ1) is 9.15. The molecule has 0 spiro atoms. The Balaban J connectivity index is 2.08. The van der Waals surface area contributed by atoms with Crippen molar-refractivity contribution in [3.8, 4) is 0 Å². The van der Waals surface area contributed by atoms with Gasteiger partial charge in [0, 0.05) is 31.9 Å². The molecule has 2 rings (SSSR count). The third kappa shape index (κ3) is 3.47. The van der Waals surface area contributed by atoms with Gasteiger partial charge in [-0.3, -0.25) is 4.79 Å². The lowest BCUT2D eigenvalue weighted by Crippen LogP contribution is -2.39. The lowest BCUT2D eigenvalue weighted by molar-refractivity contribution is -0.128. The van der Waals surface area contributed by atoms with E-state index in [-0.39, 0.29) is 5.91 Å². The number of anilines is 1. The number of benzene rings is 1. The third-order valence-electron chi connectivity index (χ3n) is 3.70. The Labute approximate surface area is 115 Å². The predicted molar refractivity (Wildman–Crippen MR) is 78.0 cm³/mol. The first kappa shape index (κ1) is 13.9. The minimum absolute atomic E-state index is 0.178. The van der Waals surface area contributed by atoms with Crippen molar-refractivity contribution in [3.05, 3.63) is 29.8 Å². The fraction of sp³-hybridized carbons (Fsp3) is 0.533. The lowest BCUT2D eigenvalue weighted by Gasteiger charge is -2.26. The van der Waals surface area contributed by atoms with E-state index in [4.69, 9.17) is 5.73 Å². The Morgan fingerprint density at radius 2 is 1.95 bits per heavy atom. The molecule has 2 N–H and O–H groups in total. The van der Waals surface area contributed by atoms with Crippen molar-refractivity contribution in [1.82, 2.24) is 4.90 Å². The van der Waals surface area contributed by atoms with Crippen LogP contribution in [-0.4, -0.2) is 37.0 Å². The summed E-state index contributed by atoms with van der Waals surface area (Å²) in [6, 6.07) is 8.75. The summed E-state index contributed by atoms with van der Waals surface area (Å²) in [5.74, 6) is 0.178. The summed E-state index contributed by atoms with van der Waals surface area (Å²) in [5, 5.41) is 0. The van der Waals surface area contributed by atoms with Gasteiger partial charge in [0.2, 0.25) is 5.91 Å². The van der Waals surface area contributed by atoms with Crippen molar-refractivity contribution in [2.24, 2.45) is 5.73 Å². The first-order valence-electron chi connectivity index (χ1n) is 6.95. The molecule has 0 aliphatic heterocycles. The molecule has 19 heavy (non-hydrogen) atoms. The summed E-state index contributed by atoms with van der Waals surface area (Å²) in [7, 11) is 1.85. The average molecular weight is 261 g/mol. The quantitative estimate of drug-likeness (QED) is 0.846. The molecule has 0 atom stereocenters. The van der Waals surface area contributed by atoms with E-state index < -0.39 is 0 Å². The van der Waals surface area contributed by atoms with Crippen LogP contribution in [0.25, 0.3) is 0 Å². The smallest absolute Gasteiger partial charge is 0.241 e. The van der Waals surface area contributed by atoms with Crippen molar-refractivity contribution < 1.29 is 4.79 Å². The van der Waals surface area contributed by atoms with Crippen molar-refractivity contribution in [3.63, 3.8) is 0 Å². The number of nitrogens with zero attached hydrogens (tertiary/aromatic N) is 2. The van der Waals surface area contributed by atoms with Crippen LogP contribution in [0.4, 0.5) is 5.69 Å². The predicted octanol–water partition coefficient (Wildman–Crippen LogP) is 1.59. The fourth-order valence-electron chi connectivity index (χ4n) is 2.08. The monoisotopic (exact) mass is 261 g/mol. The van der Waals surface area contributed by atoms with Gasteiger partial charge in [0.25, 0.3) is 0 Å². The second kappa shape index (κ2) is 6.06. The molecule has 1 aromatic carbocycles. The normalized spacial score (nSPS) is 14.3. The number of likely N-dealkylation sites (N-methyl/N-ethyl adjacent to an activating group) is 1. The van der Waals surface area contributed by atoms with Gasteiger partial charge < -0.3 is 15.5 Å². The Morgan fingerprint density at radius 3 is 2.42 bits per heavy atom. The van der Waals surface area contributed by atoms with Crippen LogP contribution in [0, 0.1) is 0 Å². The molecule has 4 nitrogen and oxygen atoms in total. The molecule has 0 aromatic heterocycles. The van der Waals surface area contributed by atoms with Crippen LogP contribution in [0.15, 0.2) is 24.3 Å². The molecule has 1 aromatic rings. The Kier molecular flexibility index (Phi) is 4.43. The van der Waals surface area contributed by atoms with Crippen molar-refractivity contribution in [1.29, 1.82) is 0 Å². The van der Waals surface area contributed by atoms with Crippen LogP contribution >= 0.6 is 0 Å². The number of rotatable bonds is 6. The van der Waals surface area contributed by atoms with E-state index in [1.807, 2.05) is 26.1 Å². The van der Waals surface area contributed by atoms with Gasteiger partial charge in [0.1, 0.15) is 0 Å². The first-order valence-corrected chi connectivity index (χ1v) is 6.95. The van der Waals surface area contributed by atoms with Gasteiger partial charge in [0.15, 0.2) is 0 Å². The van der Waals surface area contributed by atoms with E-state index in [1.54, 1.807) is 4.90 Å². The summed E-state index contributed by atoms with van der Waals surface area (Å²) < 4.78 is 0. The van der Waals surface area contributed by atoms with Crippen molar-refractivity contribution in [2.45, 2.75) is 32.4 Å². The van der Waals surface area contributed by atoms with Crippen molar-refractivity contribution >= 4 is 11.6 Å². The van der Waals surface area contributed by atoms with Crippen LogP contribution < -0.4 is 10.6 Å². The van der Waals surface area contributed by atoms with Crippen LogP contribution in [0.1, 0.15) is 25.3 Å². The molecule has 1 saturated carbocycles. The molecule has 0 bridgehead atoms. The van der Waals surface area contributed by atoms with Crippen LogP contribution in [0.5, 0.6) is 0 Å². The fourth-order valence-corrected chi connectivity index (χ4v) is 2.08. The SMILES string of the molecule is CCN(C)C(=O)CN(c1ccc(CN)cc1)C1CC1. The number of hydrogen-bond acceptors (Lipinski definition) is 3. The Bertz CT molecular complexity index is 426. The topological polar surface area (TPSA) is 49.6 Å². The number of hydrogen-bond donors (Lipinski definition) is 1. The van der Waals surface area contributed by atoms with E-state index in [0.29, 0.717) is 19.1 Å². The molecule has 4 heteroatoms. The molecule has 1 fully saturated rings. The second-order valence-corrected chi connectivity index (χ2v) is 5.14. The number of nitrogens with two attached hydrogens (primary N) is 1. The zero-order valence-corrected chi connectivity index (χ0v) is 11.8. The van der Waals surface area contributed by atoms with Gasteiger partial charge in [-0.05, 0) is 37.5 Å². The van der Waals surface area contributed by atoms with E-state index in [1.165, 1.54) is 12.8 Å². The number of carbonyl (C=O) groups excluding carboxylic acids is 1. The van der Waals surface area contributed by atoms with Gasteiger partial charge in [-0.1, -0.05) is 12.1 Å². The minimum Gasteiger partial charge on any atom is -0.359 e. The van der Waals surface area contributed by atoms with Crippen LogP contribution in [0.3, 0.4) is 0 Å². The van der Waals surface area contributed by atoms with Crippen LogP contribution in [0.2, 0.25) is 0 Å². The maximum Gasteiger partial charge on any atom is 0.241 e. The number of carbonyl (C=O) groups is 1. The largest absolute Gasteiger partial charge is 0.359 e. The highest BCUT2D eigenvalue weighted by Gasteiger charge is 2.31. The summed E-state index contributed by atoms with van der Waals surface area (Å²) in [5.41, 5.74) is 7.86. The molecule has 0 radical (unpaired) electrons. The number of amides is 1. The molecule has 0 heterocycles. The van der Waals surface area contributed by atoms with Gasteiger partial charge >= 0.3 is 0 Å². The molecule has 0 unspecified atom stereocenters. The van der Waals surface area contributed by atoms with E-state index in [2.05, 4.69) is 17.0 Å². The highest BCUT2D eigenvalue weighted by atomic mass is 16.2.